The van der Waals surface area contributed by atoms with E-state index >= 15 is 0 Å². The first kappa shape index (κ1) is 13.2. The highest BCUT2D eigenvalue weighted by molar-refractivity contribution is 6.00. The second-order valence-corrected chi connectivity index (χ2v) is 4.00. The standard InChI is InChI=1S/C15H12F2O2/c1-19-15-8-3-2-5-10(15)14(18)9-11-12(16)6-4-7-13(11)17/h2-8H,9H2,1H3. The number of hydrogen-bond donors (Lipinski definition) is 0. The van der Waals surface area contributed by atoms with Gasteiger partial charge in [-0.3, -0.25) is 4.79 Å². The molecule has 0 bridgehead atoms. The topological polar surface area (TPSA) is 26.3 Å². The van der Waals surface area contributed by atoms with Crippen LogP contribution in [0.25, 0.3) is 0 Å². The highest BCUT2D eigenvalue weighted by Gasteiger charge is 2.17. The van der Waals surface area contributed by atoms with Gasteiger partial charge in [-0.2, -0.15) is 0 Å². The molecule has 2 nitrogen and oxygen atoms in total. The monoisotopic (exact) mass is 262 g/mol. The van der Waals surface area contributed by atoms with E-state index in [1.165, 1.54) is 13.2 Å². The third kappa shape index (κ3) is 2.78. The van der Waals surface area contributed by atoms with Gasteiger partial charge in [0.05, 0.1) is 12.7 Å². The van der Waals surface area contributed by atoms with Gasteiger partial charge < -0.3 is 4.74 Å². The van der Waals surface area contributed by atoms with Gasteiger partial charge in [-0.25, -0.2) is 8.78 Å². The Hall–Kier alpha value is -2.23. The van der Waals surface area contributed by atoms with Gasteiger partial charge in [0.25, 0.3) is 0 Å². The Kier molecular flexibility index (Phi) is 3.90. The lowest BCUT2D eigenvalue weighted by molar-refractivity contribution is 0.0987. The van der Waals surface area contributed by atoms with Crippen LogP contribution in [0.5, 0.6) is 5.75 Å². The summed E-state index contributed by atoms with van der Waals surface area (Å²) >= 11 is 0. The molecule has 0 atom stereocenters. The quantitative estimate of drug-likeness (QED) is 0.789. The maximum absolute atomic E-state index is 13.5. The van der Waals surface area contributed by atoms with Crippen molar-refractivity contribution < 1.29 is 18.3 Å². The number of rotatable bonds is 4. The Morgan fingerprint density at radius 3 is 2.32 bits per heavy atom. The van der Waals surface area contributed by atoms with Gasteiger partial charge in [0.15, 0.2) is 5.78 Å². The van der Waals surface area contributed by atoms with E-state index in [4.69, 9.17) is 4.74 Å². The van der Waals surface area contributed by atoms with Crippen LogP contribution in [0.2, 0.25) is 0 Å². The van der Waals surface area contributed by atoms with Gasteiger partial charge in [-0.05, 0) is 24.3 Å². The second-order valence-electron chi connectivity index (χ2n) is 4.00. The van der Waals surface area contributed by atoms with E-state index in [1.807, 2.05) is 0 Å². The molecule has 0 aromatic heterocycles. The zero-order chi connectivity index (χ0) is 13.8. The maximum atomic E-state index is 13.5. The Labute approximate surface area is 109 Å². The molecular weight excluding hydrogens is 250 g/mol. The minimum Gasteiger partial charge on any atom is -0.496 e. The summed E-state index contributed by atoms with van der Waals surface area (Å²) in [7, 11) is 1.44. The number of carbonyl (C=O) groups is 1. The van der Waals surface area contributed by atoms with E-state index in [0.29, 0.717) is 11.3 Å². The number of ketones is 1. The summed E-state index contributed by atoms with van der Waals surface area (Å²) in [6.45, 7) is 0. The molecule has 19 heavy (non-hydrogen) atoms. The van der Waals surface area contributed by atoms with Crippen molar-refractivity contribution in [3.05, 3.63) is 65.2 Å². The van der Waals surface area contributed by atoms with Gasteiger partial charge in [-0.1, -0.05) is 18.2 Å². The number of halogens is 2. The van der Waals surface area contributed by atoms with E-state index in [2.05, 4.69) is 0 Å². The molecule has 4 heteroatoms. The van der Waals surface area contributed by atoms with Gasteiger partial charge >= 0.3 is 0 Å². The molecule has 0 radical (unpaired) electrons. The van der Waals surface area contributed by atoms with Gasteiger partial charge in [-0.15, -0.1) is 0 Å². The summed E-state index contributed by atoms with van der Waals surface area (Å²) in [5.41, 5.74) is 0.0889. The van der Waals surface area contributed by atoms with Crippen molar-refractivity contribution >= 4 is 5.78 Å². The van der Waals surface area contributed by atoms with Crippen LogP contribution in [0.3, 0.4) is 0 Å². The predicted molar refractivity (Wildman–Crippen MR) is 67.4 cm³/mol. The number of Topliss-reactive ketones (excluding diaryl/α,β-unsaturated/α-hetero) is 1. The van der Waals surface area contributed by atoms with Crippen molar-refractivity contribution in [2.45, 2.75) is 6.42 Å². The molecule has 2 rings (SSSR count). The molecule has 0 spiro atoms. The summed E-state index contributed by atoms with van der Waals surface area (Å²) in [6.07, 6.45) is -0.334. The number of carbonyl (C=O) groups excluding carboxylic acids is 1. The molecule has 0 aliphatic rings. The van der Waals surface area contributed by atoms with Gasteiger partial charge in [0, 0.05) is 12.0 Å². The Bertz CT molecular complexity index is 589. The number of methoxy groups -OCH3 is 1. The number of hydrogen-bond acceptors (Lipinski definition) is 2. The first-order valence-corrected chi connectivity index (χ1v) is 5.72. The van der Waals surface area contributed by atoms with E-state index in [9.17, 15) is 13.6 Å². The molecule has 0 saturated heterocycles. The molecule has 2 aromatic rings. The van der Waals surface area contributed by atoms with Crippen LogP contribution in [0.1, 0.15) is 15.9 Å². The number of ether oxygens (including phenoxy) is 1. The zero-order valence-corrected chi connectivity index (χ0v) is 10.3. The fourth-order valence-electron chi connectivity index (χ4n) is 1.83. The molecule has 98 valence electrons. The summed E-state index contributed by atoms with van der Waals surface area (Å²) in [4.78, 5) is 12.1. The number of para-hydroxylation sites is 1. The van der Waals surface area contributed by atoms with Crippen LogP contribution < -0.4 is 4.74 Å². The maximum Gasteiger partial charge on any atom is 0.171 e. The minimum atomic E-state index is -0.719. The van der Waals surface area contributed by atoms with E-state index in [1.54, 1.807) is 24.3 Å². The van der Waals surface area contributed by atoms with E-state index in [-0.39, 0.29) is 17.8 Å². The van der Waals surface area contributed by atoms with Gasteiger partial charge in [0.1, 0.15) is 17.4 Å². The van der Waals surface area contributed by atoms with Crippen LogP contribution in [0.4, 0.5) is 8.78 Å². The fourth-order valence-corrected chi connectivity index (χ4v) is 1.83. The average Bonchev–Trinajstić information content (AvgIpc) is 2.42. The third-order valence-electron chi connectivity index (χ3n) is 2.81. The smallest absolute Gasteiger partial charge is 0.171 e. The lowest BCUT2D eigenvalue weighted by Gasteiger charge is -2.08. The van der Waals surface area contributed by atoms with E-state index in [0.717, 1.165) is 12.1 Å². The SMILES string of the molecule is COc1ccccc1C(=O)Cc1c(F)cccc1F. The van der Waals surface area contributed by atoms with E-state index < -0.39 is 11.6 Å². The molecule has 0 saturated carbocycles. The van der Waals surface area contributed by atoms with Crippen LogP contribution in [0.15, 0.2) is 42.5 Å². The van der Waals surface area contributed by atoms with Crippen LogP contribution in [-0.4, -0.2) is 12.9 Å². The Balaban J connectivity index is 2.31. The van der Waals surface area contributed by atoms with Crippen molar-refractivity contribution in [3.63, 3.8) is 0 Å². The molecule has 0 N–H and O–H groups in total. The van der Waals surface area contributed by atoms with Crippen molar-refractivity contribution in [2.75, 3.05) is 7.11 Å². The molecule has 0 heterocycles. The highest BCUT2D eigenvalue weighted by Crippen LogP contribution is 2.21. The van der Waals surface area contributed by atoms with Crippen molar-refractivity contribution in [1.29, 1.82) is 0 Å². The average molecular weight is 262 g/mol. The predicted octanol–water partition coefficient (Wildman–Crippen LogP) is 3.40. The molecule has 2 aromatic carbocycles. The Morgan fingerprint density at radius 1 is 1.05 bits per heavy atom. The summed E-state index contributed by atoms with van der Waals surface area (Å²) < 4.78 is 32.0. The first-order valence-electron chi connectivity index (χ1n) is 5.72. The Morgan fingerprint density at radius 2 is 1.68 bits per heavy atom. The first-order chi connectivity index (χ1) is 9.13. The lowest BCUT2D eigenvalue weighted by Crippen LogP contribution is -2.08. The molecule has 0 aliphatic heterocycles. The second kappa shape index (κ2) is 5.61. The summed E-state index contributed by atoms with van der Waals surface area (Å²) in [6, 6.07) is 10.1. The molecular formula is C15H12F2O2. The van der Waals surface area contributed by atoms with Crippen LogP contribution >= 0.6 is 0 Å². The van der Waals surface area contributed by atoms with Crippen LogP contribution in [0, 0.1) is 11.6 Å². The van der Waals surface area contributed by atoms with Gasteiger partial charge in [0.2, 0.25) is 0 Å². The van der Waals surface area contributed by atoms with Crippen molar-refractivity contribution in [1.82, 2.24) is 0 Å². The third-order valence-corrected chi connectivity index (χ3v) is 2.81. The molecule has 0 unspecified atom stereocenters. The summed E-state index contributed by atoms with van der Waals surface area (Å²) in [5.74, 6) is -1.43. The molecule has 0 fully saturated rings. The zero-order valence-electron chi connectivity index (χ0n) is 10.3. The van der Waals surface area contributed by atoms with Crippen LogP contribution in [-0.2, 0) is 6.42 Å². The normalized spacial score (nSPS) is 10.3. The fraction of sp³-hybridized carbons (Fsp3) is 0.133. The molecule has 0 amide bonds. The van der Waals surface area contributed by atoms with Crippen molar-refractivity contribution in [2.24, 2.45) is 0 Å². The minimum absolute atomic E-state index is 0.224. The highest BCUT2D eigenvalue weighted by atomic mass is 19.1. The largest absolute Gasteiger partial charge is 0.496 e. The molecule has 0 aliphatic carbocycles. The summed E-state index contributed by atoms with van der Waals surface area (Å²) in [5, 5.41) is 0. The number of benzene rings is 2. The lowest BCUT2D eigenvalue weighted by atomic mass is 10.0. The van der Waals surface area contributed by atoms with Crippen molar-refractivity contribution in [3.8, 4) is 5.75 Å².